The molecule has 0 bridgehead atoms. The molecule has 1 heterocycles. The summed E-state index contributed by atoms with van der Waals surface area (Å²) in [7, 11) is 0. The van der Waals surface area contributed by atoms with Crippen LogP contribution in [0.25, 0.3) is 0 Å². The Kier molecular flexibility index (Phi) is 3.69. The van der Waals surface area contributed by atoms with Gasteiger partial charge in [0, 0.05) is 24.9 Å². The molecule has 3 nitrogen and oxygen atoms in total. The fourth-order valence-electron chi connectivity index (χ4n) is 0.903. The Morgan fingerprint density at radius 2 is 2.43 bits per heavy atom. The minimum Gasteiger partial charge on any atom is -0.345 e. The SMILES string of the molecule is CC(=O)NCC#Cc1cnccc1C. The Morgan fingerprint density at radius 3 is 3.07 bits per heavy atom. The van der Waals surface area contributed by atoms with Crippen LogP contribution in [0, 0.1) is 18.8 Å². The Bertz CT molecular complexity index is 388. The van der Waals surface area contributed by atoms with Crippen LogP contribution in [-0.4, -0.2) is 17.4 Å². The van der Waals surface area contributed by atoms with Gasteiger partial charge >= 0.3 is 0 Å². The van der Waals surface area contributed by atoms with E-state index in [0.29, 0.717) is 6.54 Å². The first-order chi connectivity index (χ1) is 6.70. The second-order valence-corrected chi connectivity index (χ2v) is 2.90. The van der Waals surface area contributed by atoms with Crippen LogP contribution < -0.4 is 5.32 Å². The minimum absolute atomic E-state index is 0.0674. The lowest BCUT2D eigenvalue weighted by Crippen LogP contribution is -2.19. The fourth-order valence-corrected chi connectivity index (χ4v) is 0.903. The first kappa shape index (κ1) is 10.3. The van der Waals surface area contributed by atoms with E-state index in [-0.39, 0.29) is 5.91 Å². The quantitative estimate of drug-likeness (QED) is 0.665. The normalized spacial score (nSPS) is 8.71. The summed E-state index contributed by atoms with van der Waals surface area (Å²) in [5, 5.41) is 2.60. The molecule has 1 rings (SSSR count). The molecule has 0 atom stereocenters. The third-order valence-corrected chi connectivity index (χ3v) is 1.69. The molecule has 72 valence electrons. The van der Waals surface area contributed by atoms with Gasteiger partial charge in [-0.25, -0.2) is 0 Å². The monoisotopic (exact) mass is 188 g/mol. The number of carbonyl (C=O) groups is 1. The first-order valence-corrected chi connectivity index (χ1v) is 4.34. The van der Waals surface area contributed by atoms with Crippen molar-refractivity contribution in [3.05, 3.63) is 29.6 Å². The molecule has 0 aliphatic heterocycles. The molecule has 1 amide bonds. The summed E-state index contributed by atoms with van der Waals surface area (Å²) in [5.74, 6) is 5.73. The van der Waals surface area contributed by atoms with E-state index in [1.165, 1.54) is 6.92 Å². The predicted octanol–water partition coefficient (Wildman–Crippen LogP) is 0.878. The van der Waals surface area contributed by atoms with Crippen LogP contribution in [0.4, 0.5) is 0 Å². The summed E-state index contributed by atoms with van der Waals surface area (Å²) < 4.78 is 0. The molecule has 0 saturated heterocycles. The van der Waals surface area contributed by atoms with Crippen molar-refractivity contribution in [2.45, 2.75) is 13.8 Å². The van der Waals surface area contributed by atoms with Crippen molar-refractivity contribution in [1.82, 2.24) is 10.3 Å². The van der Waals surface area contributed by atoms with E-state index in [0.717, 1.165) is 11.1 Å². The van der Waals surface area contributed by atoms with Crippen LogP contribution in [-0.2, 0) is 4.79 Å². The topological polar surface area (TPSA) is 42.0 Å². The number of rotatable bonds is 1. The van der Waals surface area contributed by atoms with Crippen LogP contribution in [0.15, 0.2) is 18.5 Å². The average Bonchev–Trinajstić information content (AvgIpc) is 2.15. The minimum atomic E-state index is -0.0674. The van der Waals surface area contributed by atoms with E-state index in [1.807, 2.05) is 13.0 Å². The smallest absolute Gasteiger partial charge is 0.217 e. The molecular formula is C11H12N2O. The lowest BCUT2D eigenvalue weighted by molar-refractivity contribution is -0.118. The van der Waals surface area contributed by atoms with Gasteiger partial charge in [0.15, 0.2) is 0 Å². The first-order valence-electron chi connectivity index (χ1n) is 4.34. The Balaban J connectivity index is 2.59. The van der Waals surface area contributed by atoms with Crippen molar-refractivity contribution in [3.8, 4) is 11.8 Å². The highest BCUT2D eigenvalue weighted by Crippen LogP contribution is 2.01. The van der Waals surface area contributed by atoms with E-state index < -0.39 is 0 Å². The van der Waals surface area contributed by atoms with Crippen LogP contribution in [0.5, 0.6) is 0 Å². The van der Waals surface area contributed by atoms with Gasteiger partial charge in [0.2, 0.25) is 5.91 Å². The molecule has 0 aliphatic rings. The maximum atomic E-state index is 10.5. The van der Waals surface area contributed by atoms with Crippen LogP contribution >= 0.6 is 0 Å². The number of nitrogens with zero attached hydrogens (tertiary/aromatic N) is 1. The van der Waals surface area contributed by atoms with Crippen molar-refractivity contribution >= 4 is 5.91 Å². The molecule has 0 radical (unpaired) electrons. The van der Waals surface area contributed by atoms with Crippen LogP contribution in [0.1, 0.15) is 18.1 Å². The average molecular weight is 188 g/mol. The highest BCUT2D eigenvalue weighted by molar-refractivity contribution is 5.73. The van der Waals surface area contributed by atoms with Crippen LogP contribution in [0.2, 0.25) is 0 Å². The maximum absolute atomic E-state index is 10.5. The van der Waals surface area contributed by atoms with Crippen molar-refractivity contribution in [3.63, 3.8) is 0 Å². The van der Waals surface area contributed by atoms with Gasteiger partial charge in [0.05, 0.1) is 6.54 Å². The number of nitrogens with one attached hydrogen (secondary N) is 1. The molecule has 0 fully saturated rings. The van der Waals surface area contributed by atoms with E-state index in [4.69, 9.17) is 0 Å². The number of aryl methyl sites for hydroxylation is 1. The van der Waals surface area contributed by atoms with Crippen molar-refractivity contribution in [2.24, 2.45) is 0 Å². The number of amides is 1. The third-order valence-electron chi connectivity index (χ3n) is 1.69. The van der Waals surface area contributed by atoms with E-state index in [9.17, 15) is 4.79 Å². The van der Waals surface area contributed by atoms with Gasteiger partial charge in [-0.05, 0) is 18.6 Å². The lowest BCUT2D eigenvalue weighted by atomic mass is 10.2. The lowest BCUT2D eigenvalue weighted by Gasteiger charge is -1.94. The zero-order valence-corrected chi connectivity index (χ0v) is 8.29. The summed E-state index contributed by atoms with van der Waals surface area (Å²) >= 11 is 0. The molecule has 1 aromatic heterocycles. The number of aromatic nitrogens is 1. The molecule has 0 aromatic carbocycles. The van der Waals surface area contributed by atoms with Crippen LogP contribution in [0.3, 0.4) is 0 Å². The molecule has 0 aliphatic carbocycles. The predicted molar refractivity (Wildman–Crippen MR) is 54.5 cm³/mol. The molecule has 0 unspecified atom stereocenters. The zero-order valence-electron chi connectivity index (χ0n) is 8.29. The molecule has 0 spiro atoms. The van der Waals surface area contributed by atoms with Gasteiger partial charge < -0.3 is 5.32 Å². The third kappa shape index (κ3) is 3.28. The van der Waals surface area contributed by atoms with Gasteiger partial charge in [-0.3, -0.25) is 9.78 Å². The molecule has 0 saturated carbocycles. The van der Waals surface area contributed by atoms with E-state index >= 15 is 0 Å². The number of carbonyl (C=O) groups excluding carboxylic acids is 1. The second kappa shape index (κ2) is 5.03. The summed E-state index contributed by atoms with van der Waals surface area (Å²) in [6, 6.07) is 1.91. The molecule has 3 heteroatoms. The van der Waals surface area contributed by atoms with Gasteiger partial charge in [-0.1, -0.05) is 11.8 Å². The molecule has 1 aromatic rings. The number of hydrogen-bond donors (Lipinski definition) is 1. The maximum Gasteiger partial charge on any atom is 0.217 e. The van der Waals surface area contributed by atoms with Gasteiger partial charge in [0.25, 0.3) is 0 Å². The summed E-state index contributed by atoms with van der Waals surface area (Å²) in [4.78, 5) is 14.5. The second-order valence-electron chi connectivity index (χ2n) is 2.90. The van der Waals surface area contributed by atoms with Crippen molar-refractivity contribution < 1.29 is 4.79 Å². The van der Waals surface area contributed by atoms with E-state index in [1.54, 1.807) is 12.4 Å². The highest BCUT2D eigenvalue weighted by Gasteiger charge is 1.91. The molecule has 1 N–H and O–H groups in total. The summed E-state index contributed by atoms with van der Waals surface area (Å²) in [5.41, 5.74) is 1.99. The largest absolute Gasteiger partial charge is 0.345 e. The van der Waals surface area contributed by atoms with E-state index in [2.05, 4.69) is 22.1 Å². The standard InChI is InChI=1S/C11H12N2O/c1-9-5-7-12-8-11(9)4-3-6-13-10(2)14/h5,7-8H,6H2,1-2H3,(H,13,14). The number of pyridine rings is 1. The van der Waals surface area contributed by atoms with Crippen molar-refractivity contribution in [2.75, 3.05) is 6.54 Å². The fraction of sp³-hybridized carbons (Fsp3) is 0.273. The summed E-state index contributed by atoms with van der Waals surface area (Å²) in [6.07, 6.45) is 3.45. The summed E-state index contributed by atoms with van der Waals surface area (Å²) in [6.45, 7) is 3.82. The Morgan fingerprint density at radius 1 is 1.64 bits per heavy atom. The van der Waals surface area contributed by atoms with Gasteiger partial charge in [-0.2, -0.15) is 0 Å². The Hall–Kier alpha value is -1.82. The Labute approximate surface area is 83.6 Å². The zero-order chi connectivity index (χ0) is 10.4. The van der Waals surface area contributed by atoms with Gasteiger partial charge in [-0.15, -0.1) is 0 Å². The van der Waals surface area contributed by atoms with Crippen molar-refractivity contribution in [1.29, 1.82) is 0 Å². The highest BCUT2D eigenvalue weighted by atomic mass is 16.1. The molecule has 14 heavy (non-hydrogen) atoms. The number of hydrogen-bond acceptors (Lipinski definition) is 2. The van der Waals surface area contributed by atoms with Gasteiger partial charge in [0.1, 0.15) is 0 Å². The molecular weight excluding hydrogens is 176 g/mol.